The van der Waals surface area contributed by atoms with Crippen molar-refractivity contribution in [1.29, 1.82) is 0 Å². The van der Waals surface area contributed by atoms with Crippen LogP contribution >= 0.6 is 11.8 Å². The summed E-state index contributed by atoms with van der Waals surface area (Å²) in [6.45, 7) is 1.64. The van der Waals surface area contributed by atoms with Gasteiger partial charge in [-0.25, -0.2) is 8.42 Å². The van der Waals surface area contributed by atoms with Crippen molar-refractivity contribution in [3.05, 3.63) is 29.8 Å². The molecule has 0 aliphatic carbocycles. The molecule has 1 aliphatic rings. The molecule has 1 atom stereocenters. The van der Waals surface area contributed by atoms with Crippen LogP contribution in [0, 0.1) is 0 Å². The average molecular weight is 298 g/mol. The predicted octanol–water partition coefficient (Wildman–Crippen LogP) is 2.66. The molecule has 0 N–H and O–H groups in total. The van der Waals surface area contributed by atoms with Crippen LogP contribution in [0.2, 0.25) is 0 Å². The molecule has 0 spiro atoms. The number of rotatable bonds is 6. The molecule has 3 nitrogen and oxygen atoms in total. The maximum atomic E-state index is 12.2. The van der Waals surface area contributed by atoms with E-state index in [1.807, 2.05) is 24.3 Å². The standard InChI is InChI=1S/C14H18O3S2/c1-2-19(16,17)9-5-7-13(15)12-10-18-14-8-4-3-6-11(12)14/h3-4,6,8,12H,2,5,7,9-10H2,1H3. The van der Waals surface area contributed by atoms with Crippen LogP contribution < -0.4 is 0 Å². The van der Waals surface area contributed by atoms with Gasteiger partial charge in [-0.1, -0.05) is 25.1 Å². The van der Waals surface area contributed by atoms with Crippen LogP contribution in [0.1, 0.15) is 31.2 Å². The molecule has 0 radical (unpaired) electrons. The van der Waals surface area contributed by atoms with E-state index in [-0.39, 0.29) is 23.2 Å². The fourth-order valence-electron chi connectivity index (χ4n) is 2.21. The lowest BCUT2D eigenvalue weighted by Gasteiger charge is -2.09. The number of benzene rings is 1. The molecule has 0 bridgehead atoms. The van der Waals surface area contributed by atoms with E-state index < -0.39 is 9.84 Å². The molecule has 0 saturated heterocycles. The Labute approximate surface area is 118 Å². The summed E-state index contributed by atoms with van der Waals surface area (Å²) in [5, 5.41) is 0. The Bertz CT molecular complexity index is 564. The lowest BCUT2D eigenvalue weighted by Crippen LogP contribution is -2.15. The summed E-state index contributed by atoms with van der Waals surface area (Å²) >= 11 is 1.71. The van der Waals surface area contributed by atoms with Crippen molar-refractivity contribution in [2.45, 2.75) is 30.6 Å². The number of hydrogen-bond donors (Lipinski definition) is 0. The third-order valence-electron chi connectivity index (χ3n) is 3.41. The zero-order valence-corrected chi connectivity index (χ0v) is 12.6. The molecular formula is C14H18O3S2. The SMILES string of the molecule is CCS(=O)(=O)CCCC(=O)C1CSc2ccccc21. The van der Waals surface area contributed by atoms with Gasteiger partial charge in [0.2, 0.25) is 0 Å². The Hall–Kier alpha value is -0.810. The molecule has 104 valence electrons. The van der Waals surface area contributed by atoms with E-state index in [4.69, 9.17) is 0 Å². The quantitative estimate of drug-likeness (QED) is 0.810. The van der Waals surface area contributed by atoms with Gasteiger partial charge in [-0.15, -0.1) is 11.8 Å². The van der Waals surface area contributed by atoms with Gasteiger partial charge in [0.1, 0.15) is 15.6 Å². The highest BCUT2D eigenvalue weighted by Crippen LogP contribution is 2.40. The monoisotopic (exact) mass is 298 g/mol. The van der Waals surface area contributed by atoms with Crippen molar-refractivity contribution in [2.24, 2.45) is 0 Å². The van der Waals surface area contributed by atoms with Gasteiger partial charge in [0.25, 0.3) is 0 Å². The Morgan fingerprint density at radius 1 is 1.37 bits per heavy atom. The number of thioether (sulfide) groups is 1. The second-order valence-corrected chi connectivity index (χ2v) is 8.24. The van der Waals surface area contributed by atoms with Crippen LogP contribution in [0.15, 0.2) is 29.2 Å². The van der Waals surface area contributed by atoms with E-state index in [1.165, 1.54) is 4.90 Å². The van der Waals surface area contributed by atoms with Crippen molar-refractivity contribution in [3.63, 3.8) is 0 Å². The van der Waals surface area contributed by atoms with Gasteiger partial charge in [-0.3, -0.25) is 4.79 Å². The van der Waals surface area contributed by atoms with Crippen molar-refractivity contribution in [3.8, 4) is 0 Å². The first-order valence-corrected chi connectivity index (χ1v) is 9.29. The van der Waals surface area contributed by atoms with Crippen molar-refractivity contribution in [1.82, 2.24) is 0 Å². The fraction of sp³-hybridized carbons (Fsp3) is 0.500. The summed E-state index contributed by atoms with van der Waals surface area (Å²) in [5.41, 5.74) is 1.11. The van der Waals surface area contributed by atoms with E-state index in [9.17, 15) is 13.2 Å². The second kappa shape index (κ2) is 6.09. The minimum Gasteiger partial charge on any atom is -0.299 e. The number of sulfone groups is 1. The van der Waals surface area contributed by atoms with E-state index in [2.05, 4.69) is 0 Å². The molecule has 1 heterocycles. The van der Waals surface area contributed by atoms with Crippen LogP contribution in [0.5, 0.6) is 0 Å². The Morgan fingerprint density at radius 3 is 2.84 bits per heavy atom. The van der Waals surface area contributed by atoms with Gasteiger partial charge in [0.15, 0.2) is 0 Å². The van der Waals surface area contributed by atoms with Crippen LogP contribution in [0.4, 0.5) is 0 Å². The first-order valence-electron chi connectivity index (χ1n) is 6.48. The maximum absolute atomic E-state index is 12.2. The summed E-state index contributed by atoms with van der Waals surface area (Å²) in [6, 6.07) is 7.97. The summed E-state index contributed by atoms with van der Waals surface area (Å²) < 4.78 is 22.8. The van der Waals surface area contributed by atoms with Crippen LogP contribution in [-0.2, 0) is 14.6 Å². The highest BCUT2D eigenvalue weighted by molar-refractivity contribution is 7.99. The van der Waals surface area contributed by atoms with Gasteiger partial charge in [-0.05, 0) is 18.1 Å². The van der Waals surface area contributed by atoms with Crippen molar-refractivity contribution < 1.29 is 13.2 Å². The summed E-state index contributed by atoms with van der Waals surface area (Å²) in [5.74, 6) is 1.19. The van der Waals surface area contributed by atoms with Crippen molar-refractivity contribution in [2.75, 3.05) is 17.3 Å². The highest BCUT2D eigenvalue weighted by Gasteiger charge is 2.28. The third-order valence-corrected chi connectivity index (χ3v) is 6.38. The minimum atomic E-state index is -2.96. The van der Waals surface area contributed by atoms with E-state index in [0.29, 0.717) is 12.8 Å². The number of carbonyl (C=O) groups excluding carboxylic acids is 1. The third kappa shape index (κ3) is 3.60. The zero-order valence-electron chi connectivity index (χ0n) is 11.0. The molecule has 0 aromatic heterocycles. The second-order valence-electron chi connectivity index (χ2n) is 4.71. The number of Topliss-reactive ketones (excluding diaryl/α,β-unsaturated/α-hetero) is 1. The van der Waals surface area contributed by atoms with Crippen LogP contribution in [0.3, 0.4) is 0 Å². The number of fused-ring (bicyclic) bond motifs is 1. The lowest BCUT2D eigenvalue weighted by atomic mass is 9.94. The summed E-state index contributed by atoms with van der Waals surface area (Å²) in [4.78, 5) is 13.4. The number of hydrogen-bond acceptors (Lipinski definition) is 4. The molecule has 19 heavy (non-hydrogen) atoms. The van der Waals surface area contributed by atoms with Gasteiger partial charge >= 0.3 is 0 Å². The lowest BCUT2D eigenvalue weighted by molar-refractivity contribution is -0.120. The molecule has 0 saturated carbocycles. The summed E-state index contributed by atoms with van der Waals surface area (Å²) in [7, 11) is -2.96. The first kappa shape index (κ1) is 14.6. The van der Waals surface area contributed by atoms with Gasteiger partial charge in [-0.2, -0.15) is 0 Å². The Balaban J connectivity index is 1.92. The molecule has 0 amide bonds. The predicted molar refractivity (Wildman–Crippen MR) is 78.5 cm³/mol. The average Bonchev–Trinajstić information content (AvgIpc) is 2.82. The molecule has 1 aliphatic heterocycles. The normalized spacial score (nSPS) is 18.3. The molecule has 1 unspecified atom stereocenters. The minimum absolute atomic E-state index is 0.0504. The molecular weight excluding hydrogens is 280 g/mol. The number of ketones is 1. The Kier molecular flexibility index (Phi) is 4.68. The molecule has 1 aromatic carbocycles. The maximum Gasteiger partial charge on any atom is 0.150 e. The van der Waals surface area contributed by atoms with Crippen LogP contribution in [-0.4, -0.2) is 31.5 Å². The van der Waals surface area contributed by atoms with Crippen molar-refractivity contribution >= 4 is 27.4 Å². The van der Waals surface area contributed by atoms with E-state index in [0.717, 1.165) is 11.3 Å². The zero-order chi connectivity index (χ0) is 13.9. The highest BCUT2D eigenvalue weighted by atomic mass is 32.2. The van der Waals surface area contributed by atoms with Gasteiger partial charge in [0, 0.05) is 22.8 Å². The van der Waals surface area contributed by atoms with E-state index in [1.54, 1.807) is 18.7 Å². The first-order chi connectivity index (χ1) is 9.03. The molecule has 0 fully saturated rings. The summed E-state index contributed by atoms with van der Waals surface area (Å²) in [6.07, 6.45) is 0.803. The molecule has 2 rings (SSSR count). The smallest absolute Gasteiger partial charge is 0.150 e. The fourth-order valence-corrected chi connectivity index (χ4v) is 4.35. The number of carbonyl (C=O) groups is 1. The van der Waals surface area contributed by atoms with Crippen LogP contribution in [0.25, 0.3) is 0 Å². The van der Waals surface area contributed by atoms with E-state index >= 15 is 0 Å². The topological polar surface area (TPSA) is 51.2 Å². The Morgan fingerprint density at radius 2 is 2.11 bits per heavy atom. The van der Waals surface area contributed by atoms with Gasteiger partial charge < -0.3 is 0 Å². The van der Waals surface area contributed by atoms with Gasteiger partial charge in [0.05, 0.1) is 11.7 Å². The largest absolute Gasteiger partial charge is 0.299 e. The molecule has 1 aromatic rings. The molecule has 5 heteroatoms.